The first-order valence-corrected chi connectivity index (χ1v) is 15.1. The third-order valence-corrected chi connectivity index (χ3v) is 8.53. The van der Waals surface area contributed by atoms with Gasteiger partial charge in [0.25, 0.3) is 5.91 Å². The number of piperazine rings is 1. The fourth-order valence-corrected chi connectivity index (χ4v) is 5.60. The van der Waals surface area contributed by atoms with E-state index in [0.29, 0.717) is 59.3 Å². The first kappa shape index (κ1) is 33.7. The molecule has 3 amide bonds. The van der Waals surface area contributed by atoms with Gasteiger partial charge < -0.3 is 24.6 Å². The highest BCUT2D eigenvalue weighted by Crippen LogP contribution is 2.40. The van der Waals surface area contributed by atoms with Gasteiger partial charge in [0.1, 0.15) is 23.6 Å². The number of anilines is 2. The van der Waals surface area contributed by atoms with Crippen LogP contribution in [0.15, 0.2) is 49.3 Å². The minimum Gasteiger partial charge on any atom is -0.495 e. The molecule has 1 aliphatic rings. The van der Waals surface area contributed by atoms with Crippen molar-refractivity contribution in [2.45, 2.75) is 19.8 Å². The fraction of sp³-hybridized carbons (Fsp3) is 0.344. The number of nitrogens with zero attached hydrogens (tertiary/aromatic N) is 5. The molecule has 11 nitrogen and oxygen atoms in total. The van der Waals surface area contributed by atoms with Crippen LogP contribution in [0.4, 0.5) is 11.5 Å². The molecule has 4 rings (SSSR count). The zero-order chi connectivity index (χ0) is 32.7. The molecule has 0 saturated carbocycles. The Kier molecular flexibility index (Phi) is 11.4. The second-order valence-corrected chi connectivity index (χ2v) is 11.1. The molecule has 45 heavy (non-hydrogen) atoms. The molecule has 0 unspecified atom stereocenters. The van der Waals surface area contributed by atoms with E-state index in [9.17, 15) is 14.4 Å². The summed E-state index contributed by atoms with van der Waals surface area (Å²) in [7, 11) is 4.51. The van der Waals surface area contributed by atoms with E-state index in [1.54, 1.807) is 37.4 Å². The second-order valence-electron chi connectivity index (χ2n) is 10.4. The summed E-state index contributed by atoms with van der Waals surface area (Å²) in [5.74, 6) is 0.183. The zero-order valence-electron chi connectivity index (χ0n) is 25.7. The molecule has 1 fully saturated rings. The van der Waals surface area contributed by atoms with Crippen LogP contribution < -0.4 is 19.7 Å². The Hall–Kier alpha value is -4.19. The largest absolute Gasteiger partial charge is 0.495 e. The smallest absolute Gasteiger partial charge is 0.254 e. The lowest BCUT2D eigenvalue weighted by molar-refractivity contribution is -0.117. The van der Waals surface area contributed by atoms with Crippen molar-refractivity contribution < 1.29 is 23.9 Å². The van der Waals surface area contributed by atoms with Crippen LogP contribution >= 0.6 is 23.2 Å². The molecule has 0 atom stereocenters. The number of ether oxygens (including phenoxy) is 2. The van der Waals surface area contributed by atoms with Gasteiger partial charge in [-0.15, -0.1) is 0 Å². The Morgan fingerprint density at radius 2 is 1.69 bits per heavy atom. The third-order valence-electron chi connectivity index (χ3n) is 7.70. The van der Waals surface area contributed by atoms with Gasteiger partial charge in [-0.1, -0.05) is 42.8 Å². The Morgan fingerprint density at radius 1 is 1.02 bits per heavy atom. The number of aromatic nitrogens is 2. The molecule has 3 aromatic rings. The molecule has 0 radical (unpaired) electrons. The topological polar surface area (TPSA) is 117 Å². The van der Waals surface area contributed by atoms with E-state index >= 15 is 0 Å². The van der Waals surface area contributed by atoms with Crippen LogP contribution in [-0.4, -0.2) is 91.5 Å². The number of hydrogen-bond donors (Lipinski definition) is 1. The minimum absolute atomic E-state index is 0.0928. The van der Waals surface area contributed by atoms with Crippen molar-refractivity contribution in [3.05, 3.63) is 81.7 Å². The SMILES string of the molecule is C=CC(=O)Nc1cc(C(=O)N2CCN(CC)CC2)ccc1Cc1cc(N(C)C(=O)Cc2c(Cl)c(OC)cc(OC)c2Cl)ncn1. The maximum Gasteiger partial charge on any atom is 0.254 e. The Balaban J connectivity index is 1.55. The van der Waals surface area contributed by atoms with E-state index in [-0.39, 0.29) is 28.3 Å². The Morgan fingerprint density at radius 3 is 2.29 bits per heavy atom. The summed E-state index contributed by atoms with van der Waals surface area (Å²) in [5, 5.41) is 3.25. The summed E-state index contributed by atoms with van der Waals surface area (Å²) < 4.78 is 10.6. The van der Waals surface area contributed by atoms with E-state index in [4.69, 9.17) is 32.7 Å². The predicted molar refractivity (Wildman–Crippen MR) is 175 cm³/mol. The van der Waals surface area contributed by atoms with Crippen molar-refractivity contribution in [3.63, 3.8) is 0 Å². The standard InChI is InChI=1S/C32H36Cl2N6O5/c1-6-28(41)37-24-15-21(32(43)40-12-10-39(7-2)11-13-40)9-8-20(24)14-22-16-27(36-19-35-22)38(3)29(42)17-23-30(33)25(44-4)18-26(45-5)31(23)34/h6,8-9,15-16,18-19H,1,7,10-14,17H2,2-5H3,(H,37,41). The summed E-state index contributed by atoms with van der Waals surface area (Å²) in [4.78, 5) is 53.1. The van der Waals surface area contributed by atoms with E-state index in [2.05, 4.69) is 33.7 Å². The Bertz CT molecular complexity index is 1560. The normalized spacial score (nSPS) is 13.2. The molecule has 2 aromatic carbocycles. The van der Waals surface area contributed by atoms with Gasteiger partial charge in [0.15, 0.2) is 0 Å². The molecule has 1 aliphatic heterocycles. The van der Waals surface area contributed by atoms with Crippen LogP contribution in [0, 0.1) is 0 Å². The summed E-state index contributed by atoms with van der Waals surface area (Å²) in [6.07, 6.45) is 2.68. The van der Waals surface area contributed by atoms with Crippen molar-refractivity contribution >= 4 is 52.4 Å². The van der Waals surface area contributed by atoms with Gasteiger partial charge >= 0.3 is 0 Å². The molecule has 1 saturated heterocycles. The third kappa shape index (κ3) is 7.91. The van der Waals surface area contributed by atoms with Crippen molar-refractivity contribution in [2.75, 3.05) is 64.2 Å². The zero-order valence-corrected chi connectivity index (χ0v) is 27.2. The molecule has 0 bridgehead atoms. The quantitative estimate of drug-likeness (QED) is 0.301. The van der Waals surface area contributed by atoms with Crippen molar-refractivity contribution in [1.82, 2.24) is 19.8 Å². The first-order valence-electron chi connectivity index (χ1n) is 14.3. The number of amides is 3. The molecule has 2 heterocycles. The number of carbonyl (C=O) groups is 3. The van der Waals surface area contributed by atoms with Crippen molar-refractivity contribution in [3.8, 4) is 11.5 Å². The van der Waals surface area contributed by atoms with Crippen molar-refractivity contribution in [1.29, 1.82) is 0 Å². The second kappa shape index (κ2) is 15.2. The summed E-state index contributed by atoms with van der Waals surface area (Å²) >= 11 is 13.0. The highest BCUT2D eigenvalue weighted by Gasteiger charge is 2.24. The van der Waals surface area contributed by atoms with Crippen LogP contribution in [0.25, 0.3) is 0 Å². The van der Waals surface area contributed by atoms with Gasteiger partial charge in [0.05, 0.1) is 36.4 Å². The molecular formula is C32H36Cl2N6O5. The summed E-state index contributed by atoms with van der Waals surface area (Å²) in [6.45, 7) is 9.52. The maximum atomic E-state index is 13.3. The van der Waals surface area contributed by atoms with Crippen LogP contribution in [0.2, 0.25) is 10.0 Å². The highest BCUT2D eigenvalue weighted by atomic mass is 35.5. The highest BCUT2D eigenvalue weighted by molar-refractivity contribution is 6.38. The molecule has 0 aliphatic carbocycles. The number of nitrogens with one attached hydrogen (secondary N) is 1. The van der Waals surface area contributed by atoms with E-state index in [1.165, 1.54) is 31.5 Å². The first-order chi connectivity index (χ1) is 21.6. The van der Waals surface area contributed by atoms with Gasteiger partial charge in [0, 0.05) is 68.6 Å². The van der Waals surface area contributed by atoms with E-state index < -0.39 is 5.91 Å². The lowest BCUT2D eigenvalue weighted by Crippen LogP contribution is -2.48. The number of halogens is 2. The van der Waals surface area contributed by atoms with E-state index in [0.717, 1.165) is 25.2 Å². The number of rotatable bonds is 11. The lowest BCUT2D eigenvalue weighted by atomic mass is 10.0. The fourth-order valence-electron chi connectivity index (χ4n) is 4.96. The van der Waals surface area contributed by atoms with Gasteiger partial charge in [-0.25, -0.2) is 9.97 Å². The number of likely N-dealkylation sites (N-methyl/N-ethyl adjacent to an activating group) is 2. The minimum atomic E-state index is -0.405. The molecule has 13 heteroatoms. The molecule has 1 aromatic heterocycles. The summed E-state index contributed by atoms with van der Waals surface area (Å²) in [6, 6.07) is 8.46. The van der Waals surface area contributed by atoms with Gasteiger partial charge in [-0.2, -0.15) is 0 Å². The average Bonchev–Trinajstić information content (AvgIpc) is 3.06. The number of carbonyl (C=O) groups excluding carboxylic acids is 3. The molecule has 238 valence electrons. The number of methoxy groups -OCH3 is 2. The number of hydrogen-bond acceptors (Lipinski definition) is 8. The van der Waals surface area contributed by atoms with Crippen LogP contribution in [-0.2, 0) is 22.4 Å². The molecule has 1 N–H and O–H groups in total. The average molecular weight is 656 g/mol. The summed E-state index contributed by atoms with van der Waals surface area (Å²) in [5.41, 5.74) is 2.62. The van der Waals surface area contributed by atoms with Gasteiger partial charge in [-0.05, 0) is 30.3 Å². The molecule has 0 spiro atoms. The van der Waals surface area contributed by atoms with Crippen LogP contribution in [0.5, 0.6) is 11.5 Å². The van der Waals surface area contributed by atoms with Gasteiger partial charge in [0.2, 0.25) is 11.8 Å². The Labute approximate surface area is 272 Å². The lowest BCUT2D eigenvalue weighted by Gasteiger charge is -2.34. The van der Waals surface area contributed by atoms with Crippen LogP contribution in [0.3, 0.4) is 0 Å². The predicted octanol–water partition coefficient (Wildman–Crippen LogP) is 4.50. The van der Waals surface area contributed by atoms with Crippen molar-refractivity contribution in [2.24, 2.45) is 0 Å². The van der Waals surface area contributed by atoms with E-state index in [1.807, 2.05) is 4.90 Å². The maximum absolute atomic E-state index is 13.3. The monoisotopic (exact) mass is 654 g/mol. The van der Waals surface area contributed by atoms with Gasteiger partial charge in [-0.3, -0.25) is 19.3 Å². The molecular weight excluding hydrogens is 619 g/mol. The number of benzene rings is 2. The van der Waals surface area contributed by atoms with Crippen LogP contribution in [0.1, 0.15) is 34.1 Å².